The summed E-state index contributed by atoms with van der Waals surface area (Å²) in [4.78, 5) is 22.3. The van der Waals surface area contributed by atoms with Crippen LogP contribution in [0.3, 0.4) is 0 Å². The highest BCUT2D eigenvalue weighted by atomic mass is 32.2. The quantitative estimate of drug-likeness (QED) is 0.402. The van der Waals surface area contributed by atoms with Gasteiger partial charge in [-0.15, -0.1) is 21.5 Å². The number of rotatable bonds is 4. The van der Waals surface area contributed by atoms with Gasteiger partial charge in [-0.05, 0) is 44.4 Å². The standard InChI is InChI=1S/C23H25N5OS2/c1-12(2)20-24-22-19(14(4)15(5)31-22)21-25-26-23(28(20)21)30-11-18(29)27-13(3)10-16-8-6-7-9-17(16)27/h6-9,12-13H,10-11H2,1-5H3/t13-/m1/s1. The average Bonchev–Trinajstić information content (AvgIpc) is 3.38. The molecule has 0 bridgehead atoms. The van der Waals surface area contributed by atoms with Crippen LogP contribution in [0, 0.1) is 13.8 Å². The molecule has 5 rings (SSSR count). The fourth-order valence-corrected chi connectivity index (χ4v) is 6.20. The second-order valence-corrected chi connectivity index (χ2v) is 10.6. The summed E-state index contributed by atoms with van der Waals surface area (Å²) in [6.07, 6.45) is 0.899. The molecule has 0 saturated heterocycles. The van der Waals surface area contributed by atoms with Crippen molar-refractivity contribution in [1.29, 1.82) is 0 Å². The maximum absolute atomic E-state index is 13.2. The third kappa shape index (κ3) is 3.24. The molecule has 8 heteroatoms. The van der Waals surface area contributed by atoms with Gasteiger partial charge >= 0.3 is 0 Å². The number of hydrogen-bond donors (Lipinski definition) is 0. The molecule has 160 valence electrons. The van der Waals surface area contributed by atoms with Crippen molar-refractivity contribution in [3.8, 4) is 0 Å². The molecule has 0 saturated carbocycles. The molecular formula is C23H25N5OS2. The van der Waals surface area contributed by atoms with Gasteiger partial charge < -0.3 is 4.90 Å². The number of amides is 1. The highest BCUT2D eigenvalue weighted by molar-refractivity contribution is 7.99. The lowest BCUT2D eigenvalue weighted by molar-refractivity contribution is -0.116. The van der Waals surface area contributed by atoms with Crippen molar-refractivity contribution < 1.29 is 4.79 Å². The molecule has 1 aromatic carbocycles. The summed E-state index contributed by atoms with van der Waals surface area (Å²) < 4.78 is 2.05. The van der Waals surface area contributed by atoms with Crippen LogP contribution in [0.5, 0.6) is 0 Å². The van der Waals surface area contributed by atoms with Crippen molar-refractivity contribution in [2.24, 2.45) is 0 Å². The van der Waals surface area contributed by atoms with Crippen LogP contribution in [0.1, 0.15) is 48.5 Å². The average molecular weight is 452 g/mol. The van der Waals surface area contributed by atoms with E-state index in [1.165, 1.54) is 27.8 Å². The zero-order valence-corrected chi connectivity index (χ0v) is 20.0. The first kappa shape index (κ1) is 20.5. The van der Waals surface area contributed by atoms with Crippen LogP contribution in [-0.2, 0) is 11.2 Å². The van der Waals surface area contributed by atoms with Crippen molar-refractivity contribution in [1.82, 2.24) is 19.6 Å². The molecule has 0 unspecified atom stereocenters. The van der Waals surface area contributed by atoms with Crippen LogP contribution in [0.25, 0.3) is 15.9 Å². The van der Waals surface area contributed by atoms with E-state index in [-0.39, 0.29) is 17.9 Å². The van der Waals surface area contributed by atoms with Gasteiger partial charge in [0.05, 0.1) is 11.1 Å². The Labute approximate surface area is 189 Å². The molecule has 1 amide bonds. The van der Waals surface area contributed by atoms with E-state index in [4.69, 9.17) is 4.98 Å². The van der Waals surface area contributed by atoms with Gasteiger partial charge in [0, 0.05) is 22.5 Å². The molecule has 3 aromatic heterocycles. The van der Waals surface area contributed by atoms with Gasteiger partial charge in [-0.25, -0.2) is 4.98 Å². The Bertz CT molecular complexity index is 1320. The van der Waals surface area contributed by atoms with Gasteiger partial charge in [0.15, 0.2) is 10.8 Å². The molecule has 31 heavy (non-hydrogen) atoms. The Kier molecular flexibility index (Phi) is 5.01. The van der Waals surface area contributed by atoms with Crippen molar-refractivity contribution in [3.05, 3.63) is 46.1 Å². The molecule has 0 aliphatic carbocycles. The number of thioether (sulfide) groups is 1. The first-order valence-corrected chi connectivity index (χ1v) is 12.3. The van der Waals surface area contributed by atoms with Crippen LogP contribution in [0.15, 0.2) is 29.4 Å². The highest BCUT2D eigenvalue weighted by Crippen LogP contribution is 2.36. The molecule has 4 aromatic rings. The van der Waals surface area contributed by atoms with E-state index >= 15 is 0 Å². The summed E-state index contributed by atoms with van der Waals surface area (Å²) in [6.45, 7) is 10.6. The van der Waals surface area contributed by atoms with Crippen molar-refractivity contribution in [3.63, 3.8) is 0 Å². The Morgan fingerprint density at radius 2 is 2.03 bits per heavy atom. The monoisotopic (exact) mass is 451 g/mol. The molecule has 6 nitrogen and oxygen atoms in total. The lowest BCUT2D eigenvalue weighted by Gasteiger charge is -2.22. The van der Waals surface area contributed by atoms with Gasteiger partial charge in [-0.2, -0.15) is 0 Å². The minimum atomic E-state index is 0.0990. The first-order valence-electron chi connectivity index (χ1n) is 10.5. The van der Waals surface area contributed by atoms with E-state index in [2.05, 4.69) is 50.9 Å². The van der Waals surface area contributed by atoms with E-state index in [1.54, 1.807) is 11.3 Å². The smallest absolute Gasteiger partial charge is 0.237 e. The molecule has 0 spiro atoms. The van der Waals surface area contributed by atoms with E-state index in [9.17, 15) is 4.79 Å². The van der Waals surface area contributed by atoms with Gasteiger partial charge in [0.25, 0.3) is 0 Å². The predicted octanol–water partition coefficient (Wildman–Crippen LogP) is 5.15. The molecule has 1 aliphatic heterocycles. The number of para-hydroxylation sites is 1. The van der Waals surface area contributed by atoms with Gasteiger partial charge in [-0.1, -0.05) is 43.8 Å². The zero-order chi connectivity index (χ0) is 21.9. The largest absolute Gasteiger partial charge is 0.308 e. The number of fused-ring (bicyclic) bond motifs is 4. The normalized spacial score (nSPS) is 16.1. The minimum Gasteiger partial charge on any atom is -0.308 e. The van der Waals surface area contributed by atoms with E-state index in [1.807, 2.05) is 27.5 Å². The maximum atomic E-state index is 13.2. The number of hydrogen-bond acceptors (Lipinski definition) is 6. The van der Waals surface area contributed by atoms with Gasteiger partial charge in [0.1, 0.15) is 10.7 Å². The first-order chi connectivity index (χ1) is 14.9. The number of aryl methyl sites for hydroxylation is 2. The third-order valence-electron chi connectivity index (χ3n) is 5.99. The number of aromatic nitrogens is 4. The van der Waals surface area contributed by atoms with Crippen molar-refractivity contribution in [2.45, 2.75) is 58.2 Å². The molecule has 1 aliphatic rings. The van der Waals surface area contributed by atoms with Crippen LogP contribution < -0.4 is 4.90 Å². The van der Waals surface area contributed by atoms with Gasteiger partial charge in [-0.3, -0.25) is 9.20 Å². The molecule has 4 heterocycles. The Morgan fingerprint density at radius 3 is 2.81 bits per heavy atom. The van der Waals surface area contributed by atoms with Crippen molar-refractivity contribution in [2.75, 3.05) is 10.7 Å². The second kappa shape index (κ2) is 7.60. The SMILES string of the molecule is Cc1sc2nc(C(C)C)n3c(SCC(=O)N4c5ccccc5C[C@H]4C)nnc3c2c1C. The third-order valence-corrected chi connectivity index (χ3v) is 8.00. The highest BCUT2D eigenvalue weighted by Gasteiger charge is 2.31. The summed E-state index contributed by atoms with van der Waals surface area (Å²) in [5, 5.41) is 10.8. The molecule has 0 N–H and O–H groups in total. The van der Waals surface area contributed by atoms with Crippen molar-refractivity contribution >= 4 is 50.6 Å². The van der Waals surface area contributed by atoms with Crippen LogP contribution >= 0.6 is 23.1 Å². The minimum absolute atomic E-state index is 0.0990. The fraction of sp³-hybridized carbons (Fsp3) is 0.391. The lowest BCUT2D eigenvalue weighted by Crippen LogP contribution is -2.37. The lowest BCUT2D eigenvalue weighted by atomic mass is 10.1. The van der Waals surface area contributed by atoms with E-state index in [0.29, 0.717) is 5.75 Å². The Hall–Kier alpha value is -2.45. The molecule has 0 radical (unpaired) electrons. The van der Waals surface area contributed by atoms with Crippen LogP contribution in [-0.4, -0.2) is 37.3 Å². The maximum Gasteiger partial charge on any atom is 0.237 e. The zero-order valence-electron chi connectivity index (χ0n) is 18.3. The number of anilines is 1. The number of thiophene rings is 1. The molecular weight excluding hydrogens is 426 g/mol. The fourth-order valence-electron chi connectivity index (χ4n) is 4.37. The van der Waals surface area contributed by atoms with E-state index < -0.39 is 0 Å². The number of nitrogens with zero attached hydrogens (tertiary/aromatic N) is 5. The molecule has 0 fully saturated rings. The predicted molar refractivity (Wildman–Crippen MR) is 128 cm³/mol. The number of carbonyl (C=O) groups is 1. The Morgan fingerprint density at radius 1 is 1.26 bits per heavy atom. The Balaban J connectivity index is 1.50. The summed E-state index contributed by atoms with van der Waals surface area (Å²) in [7, 11) is 0. The summed E-state index contributed by atoms with van der Waals surface area (Å²) >= 11 is 3.15. The summed E-state index contributed by atoms with van der Waals surface area (Å²) in [5.74, 6) is 1.56. The number of carbonyl (C=O) groups excluding carboxylic acids is 1. The second-order valence-electron chi connectivity index (χ2n) is 8.46. The number of benzene rings is 1. The topological polar surface area (TPSA) is 63.4 Å². The summed E-state index contributed by atoms with van der Waals surface area (Å²) in [5.41, 5.74) is 4.31. The van der Waals surface area contributed by atoms with E-state index in [0.717, 1.165) is 39.0 Å². The van der Waals surface area contributed by atoms with Crippen LogP contribution in [0.4, 0.5) is 5.69 Å². The summed E-state index contributed by atoms with van der Waals surface area (Å²) in [6, 6.07) is 8.34. The molecule has 1 atom stereocenters. The van der Waals surface area contributed by atoms with Crippen LogP contribution in [0.2, 0.25) is 0 Å². The van der Waals surface area contributed by atoms with Gasteiger partial charge in [0.2, 0.25) is 5.91 Å².